The molecular formula is C16H26BrN3O. The molecule has 0 saturated carbocycles. The number of nitrogens with zero attached hydrogens (tertiary/aromatic N) is 1. The minimum Gasteiger partial charge on any atom is -0.338 e. The van der Waals surface area contributed by atoms with Crippen LogP contribution in [0.15, 0.2) is 28.7 Å². The van der Waals surface area contributed by atoms with Crippen molar-refractivity contribution in [1.82, 2.24) is 15.5 Å². The van der Waals surface area contributed by atoms with E-state index in [2.05, 4.69) is 57.4 Å². The number of amides is 2. The lowest BCUT2D eigenvalue weighted by atomic mass is 10.1. The molecule has 0 fully saturated rings. The minimum absolute atomic E-state index is 0.0791. The van der Waals surface area contributed by atoms with Gasteiger partial charge in [0.25, 0.3) is 0 Å². The van der Waals surface area contributed by atoms with Crippen LogP contribution >= 0.6 is 15.9 Å². The molecule has 2 N–H and O–H groups in total. The van der Waals surface area contributed by atoms with Crippen molar-refractivity contribution in [1.29, 1.82) is 0 Å². The van der Waals surface area contributed by atoms with Gasteiger partial charge in [-0.15, -0.1) is 0 Å². The Hall–Kier alpha value is -1.07. The first-order valence-electron chi connectivity index (χ1n) is 7.64. The van der Waals surface area contributed by atoms with Crippen LogP contribution in [-0.4, -0.2) is 43.7 Å². The van der Waals surface area contributed by atoms with Crippen LogP contribution in [0.5, 0.6) is 0 Å². The summed E-state index contributed by atoms with van der Waals surface area (Å²) in [6.45, 7) is 8.85. The maximum Gasteiger partial charge on any atom is 0.314 e. The van der Waals surface area contributed by atoms with Gasteiger partial charge >= 0.3 is 6.03 Å². The molecule has 0 heterocycles. The molecule has 4 nitrogen and oxygen atoms in total. The van der Waals surface area contributed by atoms with Gasteiger partial charge in [-0.25, -0.2) is 4.79 Å². The quantitative estimate of drug-likeness (QED) is 0.668. The fourth-order valence-electron chi connectivity index (χ4n) is 2.12. The van der Waals surface area contributed by atoms with Crippen molar-refractivity contribution in [2.24, 2.45) is 0 Å². The van der Waals surface area contributed by atoms with Gasteiger partial charge in [-0.05, 0) is 50.2 Å². The number of hydrogen-bond acceptors (Lipinski definition) is 2. The summed E-state index contributed by atoms with van der Waals surface area (Å²) in [7, 11) is 0. The third-order valence-corrected chi connectivity index (χ3v) is 3.91. The van der Waals surface area contributed by atoms with E-state index in [0.717, 1.165) is 43.5 Å². The molecular weight excluding hydrogens is 330 g/mol. The first-order valence-corrected chi connectivity index (χ1v) is 8.43. The molecule has 21 heavy (non-hydrogen) atoms. The van der Waals surface area contributed by atoms with Gasteiger partial charge in [-0.1, -0.05) is 41.9 Å². The molecule has 0 aliphatic rings. The van der Waals surface area contributed by atoms with E-state index in [4.69, 9.17) is 0 Å². The molecule has 1 aromatic carbocycles. The highest BCUT2D eigenvalue weighted by atomic mass is 79.9. The van der Waals surface area contributed by atoms with Crippen LogP contribution < -0.4 is 10.6 Å². The number of hydrogen-bond donors (Lipinski definition) is 2. The largest absolute Gasteiger partial charge is 0.338 e. The first kappa shape index (κ1) is 18.0. The van der Waals surface area contributed by atoms with Gasteiger partial charge in [0.05, 0.1) is 0 Å². The summed E-state index contributed by atoms with van der Waals surface area (Å²) in [5, 5.41) is 5.79. The third-order valence-electron chi connectivity index (χ3n) is 3.42. The number of carbonyl (C=O) groups excluding carboxylic acids is 1. The number of rotatable bonds is 9. The highest BCUT2D eigenvalue weighted by molar-refractivity contribution is 9.10. The number of carbonyl (C=O) groups is 1. The third kappa shape index (κ3) is 8.07. The average Bonchev–Trinajstić information content (AvgIpc) is 2.47. The first-order chi connectivity index (χ1) is 10.2. The maximum atomic E-state index is 11.6. The molecule has 0 unspecified atom stereocenters. The molecule has 1 aromatic rings. The molecule has 1 rings (SSSR count). The Morgan fingerprint density at radius 3 is 2.57 bits per heavy atom. The van der Waals surface area contributed by atoms with E-state index in [1.165, 1.54) is 5.56 Å². The molecule has 118 valence electrons. The van der Waals surface area contributed by atoms with Crippen molar-refractivity contribution in [2.45, 2.75) is 26.7 Å². The smallest absolute Gasteiger partial charge is 0.314 e. The molecule has 0 aliphatic carbocycles. The van der Waals surface area contributed by atoms with Gasteiger partial charge in [-0.3, -0.25) is 0 Å². The van der Waals surface area contributed by atoms with Gasteiger partial charge in [0.15, 0.2) is 0 Å². The van der Waals surface area contributed by atoms with E-state index in [1.54, 1.807) is 0 Å². The monoisotopic (exact) mass is 355 g/mol. The molecule has 0 spiro atoms. The van der Waals surface area contributed by atoms with Crippen molar-refractivity contribution in [3.05, 3.63) is 34.3 Å². The zero-order valence-electron chi connectivity index (χ0n) is 13.0. The second kappa shape index (κ2) is 10.6. The maximum absolute atomic E-state index is 11.6. The minimum atomic E-state index is -0.0791. The molecule has 0 aliphatic heterocycles. The number of halogens is 1. The van der Waals surface area contributed by atoms with Crippen LogP contribution in [0.25, 0.3) is 0 Å². The van der Waals surface area contributed by atoms with Crippen LogP contribution in [0.2, 0.25) is 0 Å². The molecule has 0 radical (unpaired) electrons. The van der Waals surface area contributed by atoms with Crippen LogP contribution in [0, 0.1) is 0 Å². The zero-order chi connectivity index (χ0) is 15.5. The molecule has 0 saturated heterocycles. The Morgan fingerprint density at radius 1 is 1.19 bits per heavy atom. The second-order valence-electron chi connectivity index (χ2n) is 4.94. The normalized spacial score (nSPS) is 10.7. The van der Waals surface area contributed by atoms with E-state index < -0.39 is 0 Å². The summed E-state index contributed by atoms with van der Waals surface area (Å²) in [6.07, 6.45) is 1.83. The molecule has 0 aromatic heterocycles. The Labute approximate surface area is 136 Å². The standard InChI is InChI=1S/C16H26BrN3O/c1-3-20(4-2)12-6-10-18-16(21)19-11-9-14-7-5-8-15(17)13-14/h5,7-8,13H,3-4,6,9-12H2,1-2H3,(H2,18,19,21). The SMILES string of the molecule is CCN(CC)CCCNC(=O)NCCc1cccc(Br)c1. The van der Waals surface area contributed by atoms with Gasteiger partial charge < -0.3 is 15.5 Å². The number of urea groups is 1. The fourth-order valence-corrected chi connectivity index (χ4v) is 2.57. The van der Waals surface area contributed by atoms with Crippen LogP contribution in [0.4, 0.5) is 4.79 Å². The van der Waals surface area contributed by atoms with Gasteiger partial charge in [0.2, 0.25) is 0 Å². The van der Waals surface area contributed by atoms with Crippen molar-refractivity contribution >= 4 is 22.0 Å². The van der Waals surface area contributed by atoms with Crippen molar-refractivity contribution in [3.8, 4) is 0 Å². The highest BCUT2D eigenvalue weighted by Gasteiger charge is 2.01. The molecule has 5 heteroatoms. The summed E-state index contributed by atoms with van der Waals surface area (Å²) in [6, 6.07) is 8.06. The van der Waals surface area contributed by atoms with Crippen molar-refractivity contribution < 1.29 is 4.79 Å². The van der Waals surface area contributed by atoms with Gasteiger partial charge in [-0.2, -0.15) is 0 Å². The lowest BCUT2D eigenvalue weighted by molar-refractivity contribution is 0.239. The van der Waals surface area contributed by atoms with E-state index in [1.807, 2.05) is 12.1 Å². The van der Waals surface area contributed by atoms with Gasteiger partial charge in [0, 0.05) is 17.6 Å². The Balaban J connectivity index is 2.09. The summed E-state index contributed by atoms with van der Waals surface area (Å²) >= 11 is 3.44. The van der Waals surface area contributed by atoms with Crippen LogP contribution in [0.1, 0.15) is 25.8 Å². The second-order valence-corrected chi connectivity index (χ2v) is 5.86. The summed E-state index contributed by atoms with van der Waals surface area (Å²) in [4.78, 5) is 14.0. The Kier molecular flexibility index (Phi) is 9.10. The average molecular weight is 356 g/mol. The van der Waals surface area contributed by atoms with Gasteiger partial charge in [0.1, 0.15) is 0 Å². The van der Waals surface area contributed by atoms with E-state index >= 15 is 0 Å². The van der Waals surface area contributed by atoms with Crippen LogP contribution in [-0.2, 0) is 6.42 Å². The Bertz CT molecular complexity index is 422. The van der Waals surface area contributed by atoms with E-state index in [9.17, 15) is 4.79 Å². The predicted molar refractivity (Wildman–Crippen MR) is 91.7 cm³/mol. The predicted octanol–water partition coefficient (Wildman–Crippen LogP) is 3.02. The summed E-state index contributed by atoms with van der Waals surface area (Å²) in [5.41, 5.74) is 1.21. The molecule has 2 amide bonds. The fraction of sp³-hybridized carbons (Fsp3) is 0.562. The van der Waals surface area contributed by atoms with Crippen molar-refractivity contribution in [3.63, 3.8) is 0 Å². The summed E-state index contributed by atoms with van der Waals surface area (Å²) in [5.74, 6) is 0. The lowest BCUT2D eigenvalue weighted by Crippen LogP contribution is -2.38. The highest BCUT2D eigenvalue weighted by Crippen LogP contribution is 2.11. The zero-order valence-corrected chi connectivity index (χ0v) is 14.6. The molecule has 0 atom stereocenters. The lowest BCUT2D eigenvalue weighted by Gasteiger charge is -2.17. The van der Waals surface area contributed by atoms with Crippen LogP contribution in [0.3, 0.4) is 0 Å². The topological polar surface area (TPSA) is 44.4 Å². The van der Waals surface area contributed by atoms with Crippen molar-refractivity contribution in [2.75, 3.05) is 32.7 Å². The number of benzene rings is 1. The molecule has 0 bridgehead atoms. The Morgan fingerprint density at radius 2 is 1.90 bits per heavy atom. The van der Waals surface area contributed by atoms with E-state index in [0.29, 0.717) is 6.54 Å². The summed E-state index contributed by atoms with van der Waals surface area (Å²) < 4.78 is 1.07. The number of nitrogens with one attached hydrogen (secondary N) is 2. The van der Waals surface area contributed by atoms with E-state index in [-0.39, 0.29) is 6.03 Å².